The highest BCUT2D eigenvalue weighted by atomic mass is 16.5. The van der Waals surface area contributed by atoms with Crippen molar-refractivity contribution < 1.29 is 14.6 Å². The fourth-order valence-corrected chi connectivity index (χ4v) is 7.02. The molecule has 3 aromatic rings. The third kappa shape index (κ3) is 8.56. The van der Waals surface area contributed by atoms with Gasteiger partial charge in [-0.3, -0.25) is 9.69 Å². The Kier molecular flexibility index (Phi) is 10.9. The van der Waals surface area contributed by atoms with Crippen molar-refractivity contribution in [1.29, 1.82) is 0 Å². The summed E-state index contributed by atoms with van der Waals surface area (Å²) in [5, 5.41) is 9.19. The number of aromatic nitrogens is 3. The molecule has 5 rings (SSSR count). The number of carboxylic acid groups (broad SMARTS) is 1. The van der Waals surface area contributed by atoms with Gasteiger partial charge < -0.3 is 14.7 Å². The van der Waals surface area contributed by atoms with Gasteiger partial charge in [0.1, 0.15) is 0 Å². The fourth-order valence-electron chi connectivity index (χ4n) is 7.02. The molecule has 236 valence electrons. The SMILES string of the molecule is CCCCCC1CN(c2ncc(Oc3cc(CN4CCC(CC(=O)O)CC4)cc(-c4cc(C)cc(C)c4)n3)cn2)CC1CC. The van der Waals surface area contributed by atoms with E-state index < -0.39 is 5.97 Å². The minimum atomic E-state index is -0.702. The number of rotatable bonds is 13. The summed E-state index contributed by atoms with van der Waals surface area (Å²) in [6.07, 6.45) is 12.0. The molecule has 2 unspecified atom stereocenters. The normalized spacial score (nSPS) is 19.4. The number of benzene rings is 1. The van der Waals surface area contributed by atoms with Gasteiger partial charge in [0.2, 0.25) is 11.8 Å². The first-order chi connectivity index (χ1) is 21.3. The molecule has 0 aliphatic carbocycles. The van der Waals surface area contributed by atoms with Crippen LogP contribution in [0.5, 0.6) is 11.6 Å². The largest absolute Gasteiger partial charge is 0.481 e. The van der Waals surface area contributed by atoms with Gasteiger partial charge in [-0.2, -0.15) is 0 Å². The van der Waals surface area contributed by atoms with Crippen molar-refractivity contribution in [2.75, 3.05) is 31.1 Å². The van der Waals surface area contributed by atoms with Crippen LogP contribution in [0.1, 0.15) is 81.9 Å². The Hall–Kier alpha value is -3.52. The van der Waals surface area contributed by atoms with Crippen molar-refractivity contribution >= 4 is 11.9 Å². The molecular formula is C36H49N5O3. The number of nitrogens with zero attached hydrogens (tertiary/aromatic N) is 5. The number of hydrogen-bond donors (Lipinski definition) is 1. The molecule has 2 aliphatic rings. The maximum Gasteiger partial charge on any atom is 0.303 e. The monoisotopic (exact) mass is 599 g/mol. The van der Waals surface area contributed by atoms with Gasteiger partial charge in [-0.15, -0.1) is 0 Å². The lowest BCUT2D eigenvalue weighted by Crippen LogP contribution is -2.33. The summed E-state index contributed by atoms with van der Waals surface area (Å²) >= 11 is 0. The molecule has 2 fully saturated rings. The summed E-state index contributed by atoms with van der Waals surface area (Å²) in [5.41, 5.74) is 5.45. The Morgan fingerprint density at radius 1 is 0.955 bits per heavy atom. The summed E-state index contributed by atoms with van der Waals surface area (Å²) in [6, 6.07) is 10.6. The van der Waals surface area contributed by atoms with E-state index in [0.29, 0.717) is 23.5 Å². The number of aryl methyl sites for hydroxylation is 2. The average Bonchev–Trinajstić information content (AvgIpc) is 3.41. The highest BCUT2D eigenvalue weighted by molar-refractivity contribution is 5.67. The molecule has 8 nitrogen and oxygen atoms in total. The van der Waals surface area contributed by atoms with Crippen LogP contribution in [0.4, 0.5) is 5.95 Å². The lowest BCUT2D eigenvalue weighted by Gasteiger charge is -2.31. The van der Waals surface area contributed by atoms with Crippen LogP contribution in [0.25, 0.3) is 11.3 Å². The van der Waals surface area contributed by atoms with Crippen LogP contribution < -0.4 is 9.64 Å². The van der Waals surface area contributed by atoms with Gasteiger partial charge in [-0.25, -0.2) is 15.0 Å². The van der Waals surface area contributed by atoms with Crippen LogP contribution in [0.15, 0.2) is 42.7 Å². The minimum Gasteiger partial charge on any atom is -0.481 e. The fraction of sp³-hybridized carbons (Fsp3) is 0.556. The Labute approximate surface area is 262 Å². The van der Waals surface area contributed by atoms with Crippen LogP contribution in [0, 0.1) is 31.6 Å². The Morgan fingerprint density at radius 2 is 1.66 bits per heavy atom. The molecule has 1 aromatic carbocycles. The third-order valence-corrected chi connectivity index (χ3v) is 9.35. The van der Waals surface area contributed by atoms with Gasteiger partial charge in [0.15, 0.2) is 5.75 Å². The Bertz CT molecular complexity index is 1370. The van der Waals surface area contributed by atoms with E-state index >= 15 is 0 Å². The van der Waals surface area contributed by atoms with E-state index in [0.717, 1.165) is 68.3 Å². The Balaban J connectivity index is 1.31. The molecule has 8 heteroatoms. The molecule has 2 atom stereocenters. The standard InChI is InChI=1S/C36H49N5O3/c1-5-7-8-9-30-24-41(23-29(30)6-2)36-37-20-32(21-38-36)44-34-18-28(22-40-12-10-27(11-13-40)19-35(42)43)17-33(39-34)31-15-25(3)14-26(4)16-31/h14-18,20-21,27,29-30H,5-13,19,22-24H2,1-4H3,(H,42,43). The van der Waals surface area contributed by atoms with Gasteiger partial charge >= 0.3 is 5.97 Å². The van der Waals surface area contributed by atoms with E-state index in [1.165, 1.54) is 43.2 Å². The predicted octanol–water partition coefficient (Wildman–Crippen LogP) is 7.68. The molecule has 2 aliphatic heterocycles. The highest BCUT2D eigenvalue weighted by Crippen LogP contribution is 2.33. The second-order valence-electron chi connectivity index (χ2n) is 13.0. The number of anilines is 1. The molecule has 0 saturated carbocycles. The van der Waals surface area contributed by atoms with Gasteiger partial charge in [-0.05, 0) is 87.7 Å². The van der Waals surface area contributed by atoms with E-state index in [1.54, 1.807) is 12.4 Å². The van der Waals surface area contributed by atoms with Crippen molar-refractivity contribution in [3.05, 3.63) is 59.4 Å². The molecule has 0 radical (unpaired) electrons. The van der Waals surface area contributed by atoms with Gasteiger partial charge in [0.05, 0.1) is 18.1 Å². The van der Waals surface area contributed by atoms with Crippen LogP contribution in [-0.4, -0.2) is 57.1 Å². The molecule has 4 heterocycles. The van der Waals surface area contributed by atoms with Gasteiger partial charge in [-0.1, -0.05) is 56.7 Å². The topological polar surface area (TPSA) is 91.7 Å². The van der Waals surface area contributed by atoms with Crippen molar-refractivity contribution in [3.8, 4) is 22.9 Å². The molecule has 0 amide bonds. The number of pyridine rings is 1. The van der Waals surface area contributed by atoms with Crippen molar-refractivity contribution in [1.82, 2.24) is 19.9 Å². The van der Waals surface area contributed by atoms with Crippen LogP contribution in [0.2, 0.25) is 0 Å². The third-order valence-electron chi connectivity index (χ3n) is 9.35. The highest BCUT2D eigenvalue weighted by Gasteiger charge is 2.32. The molecule has 1 N–H and O–H groups in total. The van der Waals surface area contributed by atoms with Crippen LogP contribution in [-0.2, 0) is 11.3 Å². The summed E-state index contributed by atoms with van der Waals surface area (Å²) in [5.74, 6) is 2.84. The summed E-state index contributed by atoms with van der Waals surface area (Å²) in [7, 11) is 0. The van der Waals surface area contributed by atoms with Crippen molar-refractivity contribution in [2.45, 2.75) is 85.6 Å². The maximum absolute atomic E-state index is 11.2. The molecule has 0 bridgehead atoms. The van der Waals surface area contributed by atoms with E-state index in [-0.39, 0.29) is 12.3 Å². The quantitative estimate of drug-likeness (QED) is 0.200. The van der Waals surface area contributed by atoms with E-state index in [2.05, 4.69) is 61.8 Å². The first-order valence-electron chi connectivity index (χ1n) is 16.6. The first kappa shape index (κ1) is 31.9. The first-order valence-corrected chi connectivity index (χ1v) is 16.6. The molecule has 2 aromatic heterocycles. The summed E-state index contributed by atoms with van der Waals surface area (Å²) in [6.45, 7) is 13.4. The summed E-state index contributed by atoms with van der Waals surface area (Å²) < 4.78 is 6.30. The number of carbonyl (C=O) groups is 1. The van der Waals surface area contributed by atoms with Crippen molar-refractivity contribution in [3.63, 3.8) is 0 Å². The molecule has 44 heavy (non-hydrogen) atoms. The van der Waals surface area contributed by atoms with Gasteiger partial charge in [0, 0.05) is 37.7 Å². The zero-order chi connectivity index (χ0) is 31.1. The second kappa shape index (κ2) is 15.0. The zero-order valence-electron chi connectivity index (χ0n) is 27.0. The zero-order valence-corrected chi connectivity index (χ0v) is 27.0. The molecule has 0 spiro atoms. The molecule has 2 saturated heterocycles. The number of unbranched alkanes of at least 4 members (excludes halogenated alkanes) is 2. The Morgan fingerprint density at radius 3 is 2.32 bits per heavy atom. The smallest absolute Gasteiger partial charge is 0.303 e. The number of likely N-dealkylation sites (tertiary alicyclic amines) is 1. The number of piperidine rings is 1. The van der Waals surface area contributed by atoms with E-state index in [4.69, 9.17) is 19.7 Å². The average molecular weight is 600 g/mol. The second-order valence-corrected chi connectivity index (χ2v) is 13.0. The number of hydrogen-bond acceptors (Lipinski definition) is 7. The summed E-state index contributed by atoms with van der Waals surface area (Å²) in [4.78, 5) is 30.3. The van der Waals surface area contributed by atoms with E-state index in [1.807, 2.05) is 6.07 Å². The lowest BCUT2D eigenvalue weighted by molar-refractivity contribution is -0.138. The number of carboxylic acids is 1. The van der Waals surface area contributed by atoms with E-state index in [9.17, 15) is 9.90 Å². The van der Waals surface area contributed by atoms with Gasteiger partial charge in [0.25, 0.3) is 0 Å². The molecular weight excluding hydrogens is 550 g/mol. The van der Waals surface area contributed by atoms with Crippen LogP contribution >= 0.6 is 0 Å². The van der Waals surface area contributed by atoms with Crippen molar-refractivity contribution in [2.24, 2.45) is 17.8 Å². The number of aliphatic carboxylic acids is 1. The minimum absolute atomic E-state index is 0.259. The maximum atomic E-state index is 11.2. The lowest BCUT2D eigenvalue weighted by atomic mass is 9.89. The van der Waals surface area contributed by atoms with Crippen LogP contribution in [0.3, 0.4) is 0 Å². The number of ether oxygens (including phenoxy) is 1. The predicted molar refractivity (Wildman–Crippen MR) is 175 cm³/mol.